The van der Waals surface area contributed by atoms with Gasteiger partial charge in [-0.1, -0.05) is 0 Å². The maximum atomic E-state index is 12.4. The molecule has 0 radical (unpaired) electrons. The molecule has 5 rings (SSSR count). The van der Waals surface area contributed by atoms with E-state index < -0.39 is 0 Å². The lowest BCUT2D eigenvalue weighted by molar-refractivity contribution is 0.0798. The molecule has 0 saturated carbocycles. The van der Waals surface area contributed by atoms with Crippen molar-refractivity contribution in [3.8, 4) is 0 Å². The van der Waals surface area contributed by atoms with E-state index in [1.165, 1.54) is 24.1 Å². The van der Waals surface area contributed by atoms with Crippen LogP contribution >= 0.6 is 0 Å². The van der Waals surface area contributed by atoms with Gasteiger partial charge in [0.25, 0.3) is 5.56 Å². The molecule has 8 nitrogen and oxygen atoms in total. The third kappa shape index (κ3) is 4.29. The van der Waals surface area contributed by atoms with Gasteiger partial charge in [0.2, 0.25) is 0 Å². The van der Waals surface area contributed by atoms with Gasteiger partial charge in [-0.05, 0) is 37.3 Å². The van der Waals surface area contributed by atoms with E-state index in [4.69, 9.17) is 9.84 Å². The fourth-order valence-corrected chi connectivity index (χ4v) is 4.63. The van der Waals surface area contributed by atoms with Crippen molar-refractivity contribution < 1.29 is 4.74 Å². The van der Waals surface area contributed by atoms with Gasteiger partial charge in [0.1, 0.15) is 0 Å². The van der Waals surface area contributed by atoms with Crippen LogP contribution in [0, 0.1) is 0 Å². The number of fused-ring (bicyclic) bond motifs is 2. The van der Waals surface area contributed by atoms with Crippen LogP contribution in [-0.2, 0) is 43.8 Å². The van der Waals surface area contributed by atoms with E-state index >= 15 is 0 Å². The lowest BCUT2D eigenvalue weighted by Crippen LogP contribution is -2.47. The lowest BCUT2D eigenvalue weighted by atomic mass is 9.97. The molecule has 1 aliphatic carbocycles. The monoisotopic (exact) mass is 398 g/mol. The molecule has 3 aliphatic rings. The maximum absolute atomic E-state index is 12.4. The summed E-state index contributed by atoms with van der Waals surface area (Å²) in [5, 5.41) is 9.37. The average molecular weight is 399 g/mol. The first-order chi connectivity index (χ1) is 14.2. The van der Waals surface area contributed by atoms with Crippen molar-refractivity contribution in [2.75, 3.05) is 39.3 Å². The summed E-state index contributed by atoms with van der Waals surface area (Å²) in [5.74, 6) is 0. The SMILES string of the molecule is O=c1cc2c(nn1CCN1CCN(Cc3cc4n(n3)CCOC4)CC1)CCCC2. The van der Waals surface area contributed by atoms with Crippen LogP contribution in [-0.4, -0.2) is 68.7 Å². The smallest absolute Gasteiger partial charge is 0.267 e. The first kappa shape index (κ1) is 19.0. The number of nitrogens with zero attached hydrogens (tertiary/aromatic N) is 6. The molecule has 29 heavy (non-hydrogen) atoms. The van der Waals surface area contributed by atoms with Gasteiger partial charge in [0, 0.05) is 45.3 Å². The zero-order chi connectivity index (χ0) is 19.6. The number of piperazine rings is 1. The Morgan fingerprint density at radius 1 is 0.931 bits per heavy atom. The second kappa shape index (κ2) is 8.38. The zero-order valence-electron chi connectivity index (χ0n) is 17.1. The Hall–Kier alpha value is -2.03. The van der Waals surface area contributed by atoms with Crippen LogP contribution < -0.4 is 5.56 Å². The van der Waals surface area contributed by atoms with E-state index in [-0.39, 0.29) is 5.56 Å². The Kier molecular flexibility index (Phi) is 5.48. The Labute approximate surface area is 171 Å². The lowest BCUT2D eigenvalue weighted by Gasteiger charge is -2.34. The van der Waals surface area contributed by atoms with Gasteiger partial charge in [0.05, 0.1) is 43.4 Å². The predicted octanol–water partition coefficient (Wildman–Crippen LogP) is 0.667. The number of aromatic nitrogens is 4. The second-order valence-corrected chi connectivity index (χ2v) is 8.41. The van der Waals surface area contributed by atoms with Crippen molar-refractivity contribution in [1.82, 2.24) is 29.4 Å². The molecule has 4 heterocycles. The van der Waals surface area contributed by atoms with Gasteiger partial charge in [-0.2, -0.15) is 10.2 Å². The standard InChI is InChI=1S/C21H30N6O2/c28-21-13-17-3-1-2-4-20(17)23-27(21)10-9-24-5-7-25(8-6-24)15-18-14-19-16-29-12-11-26(19)22-18/h13-14H,1-12,15-16H2. The Morgan fingerprint density at radius 2 is 1.76 bits per heavy atom. The molecule has 1 fully saturated rings. The summed E-state index contributed by atoms with van der Waals surface area (Å²) in [6.07, 6.45) is 4.38. The van der Waals surface area contributed by atoms with Crippen molar-refractivity contribution in [2.24, 2.45) is 0 Å². The van der Waals surface area contributed by atoms with Crippen LogP contribution in [0.2, 0.25) is 0 Å². The van der Waals surface area contributed by atoms with Crippen LogP contribution in [0.4, 0.5) is 0 Å². The van der Waals surface area contributed by atoms with Crippen LogP contribution in [0.3, 0.4) is 0 Å². The van der Waals surface area contributed by atoms with Gasteiger partial charge >= 0.3 is 0 Å². The van der Waals surface area contributed by atoms with E-state index in [1.807, 2.05) is 6.07 Å². The maximum Gasteiger partial charge on any atom is 0.267 e. The molecule has 0 N–H and O–H groups in total. The molecular formula is C21H30N6O2. The van der Waals surface area contributed by atoms with Gasteiger partial charge < -0.3 is 4.74 Å². The van der Waals surface area contributed by atoms with Crippen molar-refractivity contribution in [3.05, 3.63) is 45.1 Å². The molecule has 8 heteroatoms. The molecule has 2 aromatic heterocycles. The van der Waals surface area contributed by atoms with Gasteiger partial charge in [0.15, 0.2) is 0 Å². The summed E-state index contributed by atoms with van der Waals surface area (Å²) < 4.78 is 9.26. The van der Waals surface area contributed by atoms with Crippen molar-refractivity contribution in [2.45, 2.75) is 51.9 Å². The molecule has 0 unspecified atom stereocenters. The van der Waals surface area contributed by atoms with Gasteiger partial charge in [-0.3, -0.25) is 19.3 Å². The highest BCUT2D eigenvalue weighted by molar-refractivity contribution is 5.20. The third-order valence-corrected chi connectivity index (χ3v) is 6.36. The Balaban J connectivity index is 1.12. The zero-order valence-corrected chi connectivity index (χ0v) is 17.1. The second-order valence-electron chi connectivity index (χ2n) is 8.41. The molecule has 1 saturated heterocycles. The van der Waals surface area contributed by atoms with E-state index in [1.54, 1.807) is 4.68 Å². The van der Waals surface area contributed by atoms with Crippen LogP contribution in [0.5, 0.6) is 0 Å². The molecule has 0 bridgehead atoms. The molecule has 0 aromatic carbocycles. The number of hydrogen-bond donors (Lipinski definition) is 0. The fraction of sp³-hybridized carbons (Fsp3) is 0.667. The van der Waals surface area contributed by atoms with E-state index in [9.17, 15) is 4.79 Å². The van der Waals surface area contributed by atoms with Crippen molar-refractivity contribution >= 4 is 0 Å². The van der Waals surface area contributed by atoms with Crippen molar-refractivity contribution in [1.29, 1.82) is 0 Å². The summed E-state index contributed by atoms with van der Waals surface area (Å²) >= 11 is 0. The normalized spacial score (nSPS) is 20.4. The number of aryl methyl sites for hydroxylation is 2. The number of hydrogen-bond acceptors (Lipinski definition) is 6. The van der Waals surface area contributed by atoms with E-state index in [0.717, 1.165) is 76.6 Å². The molecule has 0 spiro atoms. The third-order valence-electron chi connectivity index (χ3n) is 6.36. The first-order valence-corrected chi connectivity index (χ1v) is 10.9. The van der Waals surface area contributed by atoms with Gasteiger partial charge in [-0.25, -0.2) is 4.68 Å². The summed E-state index contributed by atoms with van der Waals surface area (Å²) in [6.45, 7) is 8.88. The summed E-state index contributed by atoms with van der Waals surface area (Å²) in [6, 6.07) is 3.99. The summed E-state index contributed by atoms with van der Waals surface area (Å²) in [5.41, 5.74) is 4.68. The minimum atomic E-state index is 0.0528. The Morgan fingerprint density at radius 3 is 2.62 bits per heavy atom. The van der Waals surface area contributed by atoms with Gasteiger partial charge in [-0.15, -0.1) is 0 Å². The number of rotatable bonds is 5. The largest absolute Gasteiger partial charge is 0.373 e. The number of ether oxygens (including phenoxy) is 1. The van der Waals surface area contributed by atoms with Crippen LogP contribution in [0.25, 0.3) is 0 Å². The quantitative estimate of drug-likeness (QED) is 0.737. The topological polar surface area (TPSA) is 68.4 Å². The highest BCUT2D eigenvalue weighted by Crippen LogP contribution is 2.17. The highest BCUT2D eigenvalue weighted by atomic mass is 16.5. The van der Waals surface area contributed by atoms with Crippen molar-refractivity contribution in [3.63, 3.8) is 0 Å². The summed E-state index contributed by atoms with van der Waals surface area (Å²) in [4.78, 5) is 17.3. The molecule has 2 aromatic rings. The molecule has 156 valence electrons. The Bertz CT molecular complexity index is 889. The van der Waals surface area contributed by atoms with Crippen LogP contribution in [0.15, 0.2) is 16.9 Å². The fourth-order valence-electron chi connectivity index (χ4n) is 4.63. The predicted molar refractivity (Wildman–Crippen MR) is 109 cm³/mol. The average Bonchev–Trinajstić information content (AvgIpc) is 3.15. The minimum absolute atomic E-state index is 0.0528. The first-order valence-electron chi connectivity index (χ1n) is 10.9. The minimum Gasteiger partial charge on any atom is -0.373 e. The van der Waals surface area contributed by atoms with Crippen LogP contribution in [0.1, 0.15) is 35.5 Å². The molecule has 2 aliphatic heterocycles. The summed E-state index contributed by atoms with van der Waals surface area (Å²) in [7, 11) is 0. The molecule has 0 amide bonds. The van der Waals surface area contributed by atoms with E-state index in [2.05, 4.69) is 25.6 Å². The van der Waals surface area contributed by atoms with E-state index in [0.29, 0.717) is 13.2 Å². The molecule has 0 atom stereocenters. The highest BCUT2D eigenvalue weighted by Gasteiger charge is 2.20. The molecular weight excluding hydrogens is 368 g/mol.